The molecule has 1 atom stereocenters. The van der Waals surface area contributed by atoms with Crippen LogP contribution < -0.4 is 4.90 Å². The molecule has 0 amide bonds. The summed E-state index contributed by atoms with van der Waals surface area (Å²) in [5.74, 6) is 0. The maximum absolute atomic E-state index is 4.21. The molecule has 2 heterocycles. The van der Waals surface area contributed by atoms with Gasteiger partial charge in [0.25, 0.3) is 0 Å². The normalized spacial score (nSPS) is 23.0. The minimum Gasteiger partial charge on any atom is -0.345 e. The van der Waals surface area contributed by atoms with Crippen molar-refractivity contribution in [1.29, 1.82) is 0 Å². The Morgan fingerprint density at radius 3 is 3.00 bits per heavy atom. The maximum Gasteiger partial charge on any atom is 0.204 e. The first-order chi connectivity index (χ1) is 6.27. The molecule has 13 heavy (non-hydrogen) atoms. The fourth-order valence-corrected chi connectivity index (χ4v) is 2.21. The van der Waals surface area contributed by atoms with Gasteiger partial charge in [0.2, 0.25) is 5.13 Å². The highest BCUT2D eigenvalue weighted by Gasteiger charge is 2.25. The van der Waals surface area contributed by atoms with Crippen LogP contribution in [0.4, 0.5) is 5.13 Å². The van der Waals surface area contributed by atoms with Crippen LogP contribution in [-0.2, 0) is 0 Å². The topological polar surface area (TPSA) is 32.3 Å². The Morgan fingerprint density at radius 2 is 2.46 bits per heavy atom. The Balaban J connectivity index is 1.99. The number of hydrogen-bond donors (Lipinski definition) is 0. The Kier molecular flexibility index (Phi) is 2.46. The van der Waals surface area contributed by atoms with Gasteiger partial charge in [-0.15, -0.1) is 0 Å². The van der Waals surface area contributed by atoms with E-state index in [9.17, 15) is 0 Å². The standard InChI is InChI=1S/C8H14N4S/c1-11(2)7-3-4-12(5-7)8-9-6-10-13-8/h6-7H,3-5H2,1-2H3. The Morgan fingerprint density at radius 1 is 1.62 bits per heavy atom. The van der Waals surface area contributed by atoms with Crippen LogP contribution in [0.25, 0.3) is 0 Å². The zero-order valence-electron chi connectivity index (χ0n) is 7.97. The molecule has 1 aliphatic heterocycles. The molecule has 4 nitrogen and oxygen atoms in total. The number of anilines is 1. The van der Waals surface area contributed by atoms with Crippen LogP contribution in [-0.4, -0.2) is 47.5 Å². The fraction of sp³-hybridized carbons (Fsp3) is 0.750. The number of rotatable bonds is 2. The van der Waals surface area contributed by atoms with E-state index in [1.807, 2.05) is 0 Å². The monoisotopic (exact) mass is 198 g/mol. The Labute approximate surface area is 82.4 Å². The van der Waals surface area contributed by atoms with E-state index in [1.54, 1.807) is 6.33 Å². The van der Waals surface area contributed by atoms with Crippen molar-refractivity contribution in [3.63, 3.8) is 0 Å². The lowest BCUT2D eigenvalue weighted by molar-refractivity contribution is 0.315. The van der Waals surface area contributed by atoms with Crippen LogP contribution in [0, 0.1) is 0 Å². The van der Waals surface area contributed by atoms with E-state index in [0.717, 1.165) is 18.2 Å². The molecule has 72 valence electrons. The molecule has 5 heteroatoms. The molecule has 0 saturated carbocycles. The van der Waals surface area contributed by atoms with Crippen LogP contribution >= 0.6 is 11.5 Å². The minimum absolute atomic E-state index is 0.670. The number of likely N-dealkylation sites (N-methyl/N-ethyl adjacent to an activating group) is 1. The zero-order chi connectivity index (χ0) is 9.26. The molecule has 0 aromatic carbocycles. The van der Waals surface area contributed by atoms with Gasteiger partial charge in [-0.05, 0) is 20.5 Å². The maximum atomic E-state index is 4.21. The summed E-state index contributed by atoms with van der Waals surface area (Å²) >= 11 is 1.48. The highest BCUT2D eigenvalue weighted by Crippen LogP contribution is 2.22. The molecule has 0 N–H and O–H groups in total. The first-order valence-electron chi connectivity index (χ1n) is 4.45. The summed E-state index contributed by atoms with van der Waals surface area (Å²) < 4.78 is 4.01. The van der Waals surface area contributed by atoms with E-state index in [2.05, 4.69) is 33.3 Å². The molecule has 2 rings (SSSR count). The van der Waals surface area contributed by atoms with E-state index >= 15 is 0 Å². The lowest BCUT2D eigenvalue weighted by Gasteiger charge is -2.19. The summed E-state index contributed by atoms with van der Waals surface area (Å²) in [7, 11) is 4.27. The van der Waals surface area contributed by atoms with Crippen LogP contribution in [0.1, 0.15) is 6.42 Å². The second kappa shape index (κ2) is 3.59. The minimum atomic E-state index is 0.670. The number of aromatic nitrogens is 2. The molecule has 1 aromatic heterocycles. The average molecular weight is 198 g/mol. The average Bonchev–Trinajstić information content (AvgIpc) is 2.75. The molecular weight excluding hydrogens is 184 g/mol. The van der Waals surface area contributed by atoms with Crippen LogP contribution in [0.5, 0.6) is 0 Å². The van der Waals surface area contributed by atoms with Crippen molar-refractivity contribution in [3.05, 3.63) is 6.33 Å². The second-order valence-electron chi connectivity index (χ2n) is 3.58. The highest BCUT2D eigenvalue weighted by atomic mass is 32.1. The van der Waals surface area contributed by atoms with Gasteiger partial charge in [-0.3, -0.25) is 0 Å². The lowest BCUT2D eigenvalue weighted by atomic mass is 10.2. The highest BCUT2D eigenvalue weighted by molar-refractivity contribution is 7.09. The summed E-state index contributed by atoms with van der Waals surface area (Å²) in [5.41, 5.74) is 0. The predicted octanol–water partition coefficient (Wildman–Crippen LogP) is 0.678. The number of hydrogen-bond acceptors (Lipinski definition) is 5. The Hall–Kier alpha value is -0.680. The van der Waals surface area contributed by atoms with Crippen molar-refractivity contribution in [1.82, 2.24) is 14.3 Å². The third kappa shape index (κ3) is 1.81. The number of nitrogens with zero attached hydrogens (tertiary/aromatic N) is 4. The quantitative estimate of drug-likeness (QED) is 0.699. The van der Waals surface area contributed by atoms with Gasteiger partial charge in [-0.1, -0.05) is 0 Å². The third-order valence-electron chi connectivity index (χ3n) is 2.51. The SMILES string of the molecule is CN(C)C1CCN(c2ncns2)C1. The molecule has 1 saturated heterocycles. The van der Waals surface area contributed by atoms with Crippen molar-refractivity contribution in [2.75, 3.05) is 32.1 Å². The second-order valence-corrected chi connectivity index (χ2v) is 4.33. The van der Waals surface area contributed by atoms with Gasteiger partial charge in [0, 0.05) is 30.7 Å². The summed E-state index contributed by atoms with van der Waals surface area (Å²) in [6.45, 7) is 2.19. The molecule has 1 fully saturated rings. The van der Waals surface area contributed by atoms with Crippen LogP contribution in [0.15, 0.2) is 6.33 Å². The van der Waals surface area contributed by atoms with Crippen molar-refractivity contribution in [3.8, 4) is 0 Å². The van der Waals surface area contributed by atoms with Crippen molar-refractivity contribution >= 4 is 16.7 Å². The smallest absolute Gasteiger partial charge is 0.204 e. The van der Waals surface area contributed by atoms with Gasteiger partial charge in [0.1, 0.15) is 6.33 Å². The van der Waals surface area contributed by atoms with Crippen molar-refractivity contribution in [2.45, 2.75) is 12.5 Å². The van der Waals surface area contributed by atoms with E-state index in [0.29, 0.717) is 6.04 Å². The van der Waals surface area contributed by atoms with E-state index in [-0.39, 0.29) is 0 Å². The molecular formula is C8H14N4S. The van der Waals surface area contributed by atoms with Crippen molar-refractivity contribution < 1.29 is 0 Å². The van der Waals surface area contributed by atoms with Gasteiger partial charge in [0.15, 0.2) is 0 Å². The first-order valence-corrected chi connectivity index (χ1v) is 5.23. The molecule has 1 aromatic rings. The third-order valence-corrected chi connectivity index (χ3v) is 3.24. The van der Waals surface area contributed by atoms with Crippen molar-refractivity contribution in [2.24, 2.45) is 0 Å². The molecule has 0 radical (unpaired) electrons. The first kappa shape index (κ1) is 8.90. The van der Waals surface area contributed by atoms with E-state index < -0.39 is 0 Å². The molecule has 0 spiro atoms. The predicted molar refractivity (Wildman–Crippen MR) is 54.2 cm³/mol. The largest absolute Gasteiger partial charge is 0.345 e. The summed E-state index contributed by atoms with van der Waals surface area (Å²) in [6, 6.07) is 0.670. The fourth-order valence-electron chi connectivity index (χ4n) is 1.64. The molecule has 1 unspecified atom stereocenters. The molecule has 0 aliphatic carbocycles. The Bertz CT molecular complexity index is 259. The lowest BCUT2D eigenvalue weighted by Crippen LogP contribution is -2.31. The van der Waals surface area contributed by atoms with Gasteiger partial charge in [-0.25, -0.2) is 4.98 Å². The van der Waals surface area contributed by atoms with Gasteiger partial charge in [0.05, 0.1) is 0 Å². The zero-order valence-corrected chi connectivity index (χ0v) is 8.79. The molecule has 0 bridgehead atoms. The molecule has 1 aliphatic rings. The van der Waals surface area contributed by atoms with Crippen LogP contribution in [0.2, 0.25) is 0 Å². The summed E-state index contributed by atoms with van der Waals surface area (Å²) in [5, 5.41) is 1.06. The van der Waals surface area contributed by atoms with Crippen LogP contribution in [0.3, 0.4) is 0 Å². The van der Waals surface area contributed by atoms with E-state index in [4.69, 9.17) is 0 Å². The van der Waals surface area contributed by atoms with E-state index in [1.165, 1.54) is 18.0 Å². The van der Waals surface area contributed by atoms with Gasteiger partial charge < -0.3 is 9.80 Å². The summed E-state index contributed by atoms with van der Waals surface area (Å²) in [6.07, 6.45) is 2.86. The summed E-state index contributed by atoms with van der Waals surface area (Å²) in [4.78, 5) is 8.79. The van der Waals surface area contributed by atoms with Gasteiger partial charge in [-0.2, -0.15) is 4.37 Å². The van der Waals surface area contributed by atoms with Gasteiger partial charge >= 0.3 is 0 Å².